The maximum absolute atomic E-state index is 13.4. The van der Waals surface area contributed by atoms with Gasteiger partial charge in [-0.15, -0.1) is 0 Å². The molecule has 0 unspecified atom stereocenters. The van der Waals surface area contributed by atoms with Gasteiger partial charge in [-0.1, -0.05) is 55.0 Å². The summed E-state index contributed by atoms with van der Waals surface area (Å²) in [5.74, 6) is -1.32. The summed E-state index contributed by atoms with van der Waals surface area (Å²) in [6.07, 6.45) is 0.727. The zero-order valence-electron chi connectivity index (χ0n) is 18.5. The largest absolute Gasteiger partial charge is 0.462 e. The third-order valence-corrected chi connectivity index (χ3v) is 5.27. The maximum Gasteiger partial charge on any atom is 0.338 e. The van der Waals surface area contributed by atoms with E-state index in [2.05, 4.69) is 5.32 Å². The van der Waals surface area contributed by atoms with Gasteiger partial charge in [-0.3, -0.25) is 9.59 Å². The number of rotatable bonds is 7. The molecular formula is C27H24N2O4. The van der Waals surface area contributed by atoms with Crippen LogP contribution in [0.5, 0.6) is 0 Å². The van der Waals surface area contributed by atoms with Crippen LogP contribution in [0, 0.1) is 6.92 Å². The van der Waals surface area contributed by atoms with E-state index in [1.807, 2.05) is 56.3 Å². The number of amides is 2. The molecule has 0 bridgehead atoms. The monoisotopic (exact) mass is 440 g/mol. The van der Waals surface area contributed by atoms with Crippen molar-refractivity contribution in [2.45, 2.75) is 20.3 Å². The van der Waals surface area contributed by atoms with Gasteiger partial charge in [0.1, 0.15) is 5.70 Å². The summed E-state index contributed by atoms with van der Waals surface area (Å²) in [5.41, 5.74) is 3.69. The summed E-state index contributed by atoms with van der Waals surface area (Å²) in [7, 11) is 0. The second kappa shape index (κ2) is 9.53. The zero-order chi connectivity index (χ0) is 23.4. The summed E-state index contributed by atoms with van der Waals surface area (Å²) in [5, 5.41) is 3.14. The lowest BCUT2D eigenvalue weighted by molar-refractivity contribution is -0.120. The van der Waals surface area contributed by atoms with Crippen LogP contribution in [0.2, 0.25) is 0 Å². The summed E-state index contributed by atoms with van der Waals surface area (Å²) in [4.78, 5) is 40.1. The number of esters is 1. The van der Waals surface area contributed by atoms with Crippen molar-refractivity contribution in [3.8, 4) is 0 Å². The molecule has 0 aliphatic carbocycles. The first-order valence-electron chi connectivity index (χ1n) is 10.8. The van der Waals surface area contributed by atoms with Crippen LogP contribution < -0.4 is 10.2 Å². The van der Waals surface area contributed by atoms with Crippen LogP contribution in [0.1, 0.15) is 34.8 Å². The first-order chi connectivity index (χ1) is 16.0. The van der Waals surface area contributed by atoms with E-state index in [4.69, 9.17) is 4.74 Å². The molecule has 1 N–H and O–H groups in total. The molecule has 4 rings (SSSR count). The highest BCUT2D eigenvalue weighted by molar-refractivity contribution is 6.46. The molecule has 1 aliphatic heterocycles. The molecule has 33 heavy (non-hydrogen) atoms. The molecule has 0 aromatic heterocycles. The molecule has 0 spiro atoms. The first-order valence-corrected chi connectivity index (χ1v) is 10.8. The molecule has 0 fully saturated rings. The molecule has 0 atom stereocenters. The Morgan fingerprint density at radius 3 is 2.18 bits per heavy atom. The molecule has 0 saturated carbocycles. The Kier molecular flexibility index (Phi) is 6.36. The van der Waals surface area contributed by atoms with Crippen LogP contribution in [0.4, 0.5) is 11.4 Å². The molecule has 6 nitrogen and oxygen atoms in total. The molecule has 0 saturated heterocycles. The van der Waals surface area contributed by atoms with E-state index >= 15 is 0 Å². The molecule has 1 heterocycles. The maximum atomic E-state index is 13.4. The minimum Gasteiger partial charge on any atom is -0.462 e. The highest BCUT2D eigenvalue weighted by Crippen LogP contribution is 2.33. The molecule has 0 radical (unpaired) electrons. The highest BCUT2D eigenvalue weighted by atomic mass is 16.5. The number of aryl methyl sites for hydroxylation is 1. The van der Waals surface area contributed by atoms with Gasteiger partial charge >= 0.3 is 5.97 Å². The average molecular weight is 440 g/mol. The van der Waals surface area contributed by atoms with E-state index in [0.29, 0.717) is 34.7 Å². The second-order valence-electron chi connectivity index (χ2n) is 7.74. The van der Waals surface area contributed by atoms with Crippen LogP contribution in [0.3, 0.4) is 0 Å². The van der Waals surface area contributed by atoms with Crippen molar-refractivity contribution < 1.29 is 19.1 Å². The average Bonchev–Trinajstić information content (AvgIpc) is 3.08. The molecule has 6 heteroatoms. The van der Waals surface area contributed by atoms with Gasteiger partial charge in [-0.25, -0.2) is 9.69 Å². The smallest absolute Gasteiger partial charge is 0.338 e. The van der Waals surface area contributed by atoms with Gasteiger partial charge in [-0.2, -0.15) is 0 Å². The lowest BCUT2D eigenvalue weighted by Gasteiger charge is -2.16. The number of imide groups is 1. The minimum absolute atomic E-state index is 0.210. The van der Waals surface area contributed by atoms with Gasteiger partial charge in [-0.05, 0) is 55.3 Å². The van der Waals surface area contributed by atoms with Gasteiger partial charge in [0.25, 0.3) is 11.8 Å². The van der Waals surface area contributed by atoms with Gasteiger partial charge in [0.05, 0.1) is 23.4 Å². The van der Waals surface area contributed by atoms with Crippen molar-refractivity contribution in [2.24, 2.45) is 0 Å². The standard InChI is InChI=1S/C27H24N2O4/c1-3-17-33-27(32)20-11-15-22(16-12-20)29-25(30)23(19-7-5-4-6-8-19)24(26(29)31)28-21-13-9-18(2)10-14-21/h4-16,28H,3,17H2,1-2H3. The van der Waals surface area contributed by atoms with Crippen molar-refractivity contribution in [1.82, 2.24) is 0 Å². The van der Waals surface area contributed by atoms with Gasteiger partial charge in [0.2, 0.25) is 0 Å². The third-order valence-electron chi connectivity index (χ3n) is 5.27. The minimum atomic E-state index is -0.458. The first kappa shape index (κ1) is 22.0. The number of carbonyl (C=O) groups is 3. The van der Waals surface area contributed by atoms with Crippen LogP contribution in [0.15, 0.2) is 84.6 Å². The van der Waals surface area contributed by atoms with E-state index in [1.54, 1.807) is 36.4 Å². The van der Waals surface area contributed by atoms with E-state index in [0.717, 1.165) is 16.9 Å². The fourth-order valence-electron chi connectivity index (χ4n) is 3.56. The fourth-order valence-corrected chi connectivity index (χ4v) is 3.56. The van der Waals surface area contributed by atoms with Crippen molar-refractivity contribution >= 4 is 34.7 Å². The Balaban J connectivity index is 1.68. The quantitative estimate of drug-likeness (QED) is 0.415. The number of carbonyl (C=O) groups excluding carboxylic acids is 3. The van der Waals surface area contributed by atoms with Crippen molar-refractivity contribution in [2.75, 3.05) is 16.8 Å². The Morgan fingerprint density at radius 1 is 0.879 bits per heavy atom. The highest BCUT2D eigenvalue weighted by Gasteiger charge is 2.40. The van der Waals surface area contributed by atoms with Crippen molar-refractivity contribution in [1.29, 1.82) is 0 Å². The Labute approximate surface area is 192 Å². The number of nitrogens with zero attached hydrogens (tertiary/aromatic N) is 1. The second-order valence-corrected chi connectivity index (χ2v) is 7.74. The summed E-state index contributed by atoms with van der Waals surface area (Å²) < 4.78 is 5.15. The van der Waals surface area contributed by atoms with Gasteiger partial charge < -0.3 is 10.1 Å². The SMILES string of the molecule is CCCOC(=O)c1ccc(N2C(=O)C(Nc3ccc(C)cc3)=C(c3ccccc3)C2=O)cc1. The lowest BCUT2D eigenvalue weighted by atomic mass is 10.0. The van der Waals surface area contributed by atoms with Crippen LogP contribution in [-0.2, 0) is 14.3 Å². The lowest BCUT2D eigenvalue weighted by Crippen LogP contribution is -2.32. The van der Waals surface area contributed by atoms with E-state index < -0.39 is 17.8 Å². The molecule has 166 valence electrons. The molecule has 3 aromatic carbocycles. The van der Waals surface area contributed by atoms with Crippen molar-refractivity contribution in [3.63, 3.8) is 0 Å². The van der Waals surface area contributed by atoms with Crippen molar-refractivity contribution in [3.05, 3.63) is 101 Å². The third kappa shape index (κ3) is 4.55. The Bertz CT molecular complexity index is 1210. The molecule has 3 aromatic rings. The Morgan fingerprint density at radius 2 is 1.55 bits per heavy atom. The molecule has 1 aliphatic rings. The molecular weight excluding hydrogens is 416 g/mol. The number of hydrogen-bond donors (Lipinski definition) is 1. The Hall–Kier alpha value is -4.19. The normalized spacial score (nSPS) is 13.5. The number of benzene rings is 3. The number of hydrogen-bond acceptors (Lipinski definition) is 5. The number of ether oxygens (including phenoxy) is 1. The summed E-state index contributed by atoms with van der Waals surface area (Å²) in [6, 6.07) is 23.0. The summed E-state index contributed by atoms with van der Waals surface area (Å²) >= 11 is 0. The van der Waals surface area contributed by atoms with E-state index in [1.165, 1.54) is 0 Å². The van der Waals surface area contributed by atoms with Crippen LogP contribution in [0.25, 0.3) is 5.57 Å². The number of nitrogens with one attached hydrogen (secondary N) is 1. The van der Waals surface area contributed by atoms with Gasteiger partial charge in [0.15, 0.2) is 0 Å². The van der Waals surface area contributed by atoms with E-state index in [9.17, 15) is 14.4 Å². The predicted octanol–water partition coefficient (Wildman–Crippen LogP) is 4.96. The fraction of sp³-hybridized carbons (Fsp3) is 0.148. The van der Waals surface area contributed by atoms with Gasteiger partial charge in [0, 0.05) is 5.69 Å². The van der Waals surface area contributed by atoms with Crippen LogP contribution in [-0.4, -0.2) is 24.4 Å². The summed E-state index contributed by atoms with van der Waals surface area (Å²) in [6.45, 7) is 4.23. The zero-order valence-corrected chi connectivity index (χ0v) is 18.5. The number of anilines is 2. The van der Waals surface area contributed by atoms with Crippen LogP contribution >= 0.6 is 0 Å². The molecule has 2 amide bonds. The topological polar surface area (TPSA) is 75.7 Å². The predicted molar refractivity (Wildman–Crippen MR) is 128 cm³/mol. The van der Waals surface area contributed by atoms with E-state index in [-0.39, 0.29) is 5.70 Å².